The number of rotatable bonds is 4. The average molecular weight is 257 g/mol. The number of nitrogens with zero attached hydrogens (tertiary/aromatic N) is 1. The fourth-order valence-electron chi connectivity index (χ4n) is 1.61. The molecule has 2 rings (SSSR count). The van der Waals surface area contributed by atoms with E-state index in [1.165, 1.54) is 0 Å². The van der Waals surface area contributed by atoms with Gasteiger partial charge in [0.1, 0.15) is 11.4 Å². The maximum Gasteiger partial charge on any atom is 0.274 e. The Hall–Kier alpha value is -2.40. The molecule has 0 saturated heterocycles. The van der Waals surface area contributed by atoms with Crippen LogP contribution in [0.5, 0.6) is 5.75 Å². The Morgan fingerprint density at radius 2 is 2.11 bits per heavy atom. The van der Waals surface area contributed by atoms with Crippen molar-refractivity contribution in [3.63, 3.8) is 0 Å². The maximum atomic E-state index is 12.0. The molecule has 0 spiro atoms. The van der Waals surface area contributed by atoms with E-state index in [9.17, 15) is 4.79 Å². The van der Waals surface area contributed by atoms with Gasteiger partial charge in [-0.05, 0) is 23.8 Å². The van der Waals surface area contributed by atoms with Crippen molar-refractivity contribution in [2.45, 2.75) is 6.54 Å². The molecular weight excluding hydrogens is 242 g/mol. The summed E-state index contributed by atoms with van der Waals surface area (Å²) >= 11 is 0. The average Bonchev–Trinajstić information content (AvgIpc) is 2.48. The number of ether oxygens (including phenoxy) is 1. The Bertz CT molecular complexity index is 567. The number of aromatic nitrogens is 1. The normalized spacial score (nSPS) is 10.0. The van der Waals surface area contributed by atoms with Crippen molar-refractivity contribution in [3.8, 4) is 5.75 Å². The van der Waals surface area contributed by atoms with E-state index in [1.54, 1.807) is 37.6 Å². The molecule has 0 saturated carbocycles. The van der Waals surface area contributed by atoms with Gasteiger partial charge in [0.05, 0.1) is 12.8 Å². The van der Waals surface area contributed by atoms with Gasteiger partial charge in [-0.3, -0.25) is 9.78 Å². The summed E-state index contributed by atoms with van der Waals surface area (Å²) in [7, 11) is 1.55. The van der Waals surface area contributed by atoms with E-state index in [-0.39, 0.29) is 5.91 Å². The van der Waals surface area contributed by atoms with Gasteiger partial charge in [0.25, 0.3) is 5.91 Å². The zero-order valence-corrected chi connectivity index (χ0v) is 10.6. The second kappa shape index (κ2) is 5.97. The highest BCUT2D eigenvalue weighted by atomic mass is 16.5. The Balaban J connectivity index is 2.16. The van der Waals surface area contributed by atoms with Crippen LogP contribution in [0.25, 0.3) is 0 Å². The van der Waals surface area contributed by atoms with E-state index in [0.717, 1.165) is 5.56 Å². The first-order valence-electron chi connectivity index (χ1n) is 5.84. The molecule has 2 aromatic rings. The number of hydrogen-bond donors (Lipinski definition) is 2. The van der Waals surface area contributed by atoms with Crippen LogP contribution in [0.4, 0.5) is 5.69 Å². The highest BCUT2D eigenvalue weighted by molar-refractivity contribution is 6.03. The summed E-state index contributed by atoms with van der Waals surface area (Å²) < 4.78 is 5.17. The lowest BCUT2D eigenvalue weighted by Crippen LogP contribution is -2.14. The summed E-state index contributed by atoms with van der Waals surface area (Å²) in [4.78, 5) is 16.1. The molecule has 1 aromatic heterocycles. The highest BCUT2D eigenvalue weighted by Gasteiger charge is 2.10. The van der Waals surface area contributed by atoms with Gasteiger partial charge in [0.15, 0.2) is 0 Å². The molecule has 0 aliphatic carbocycles. The largest absolute Gasteiger partial charge is 0.495 e. The number of carbonyl (C=O) groups is 1. The van der Waals surface area contributed by atoms with E-state index in [0.29, 0.717) is 23.7 Å². The minimum atomic E-state index is -0.284. The molecule has 1 heterocycles. The lowest BCUT2D eigenvalue weighted by atomic mass is 10.2. The van der Waals surface area contributed by atoms with Crippen LogP contribution in [0, 0.1) is 0 Å². The summed E-state index contributed by atoms with van der Waals surface area (Å²) in [5.74, 6) is 0.322. The van der Waals surface area contributed by atoms with Crippen LogP contribution < -0.4 is 15.8 Å². The summed E-state index contributed by atoms with van der Waals surface area (Å²) in [6.07, 6.45) is 1.59. The predicted octanol–water partition coefficient (Wildman–Crippen LogP) is 1.80. The first kappa shape index (κ1) is 13.0. The Morgan fingerprint density at radius 1 is 1.32 bits per heavy atom. The molecule has 0 radical (unpaired) electrons. The van der Waals surface area contributed by atoms with Crippen molar-refractivity contribution < 1.29 is 9.53 Å². The standard InChI is InChI=1S/C14H15N3O2/c1-19-13-5-3-2-4-11(13)17-14(18)12-7-6-10(8-15)9-16-12/h2-7,9H,8,15H2,1H3,(H,17,18). The third kappa shape index (κ3) is 3.08. The van der Waals surface area contributed by atoms with Crippen molar-refractivity contribution in [1.29, 1.82) is 0 Å². The van der Waals surface area contributed by atoms with E-state index >= 15 is 0 Å². The molecule has 19 heavy (non-hydrogen) atoms. The summed E-state index contributed by atoms with van der Waals surface area (Å²) in [5.41, 5.74) is 7.31. The van der Waals surface area contributed by atoms with Gasteiger partial charge in [-0.1, -0.05) is 18.2 Å². The van der Waals surface area contributed by atoms with Crippen LogP contribution in [0.2, 0.25) is 0 Å². The van der Waals surface area contributed by atoms with Crippen molar-refractivity contribution >= 4 is 11.6 Å². The minimum Gasteiger partial charge on any atom is -0.495 e. The molecule has 0 bridgehead atoms. The Kier molecular flexibility index (Phi) is 4.10. The number of carbonyl (C=O) groups excluding carboxylic acids is 1. The Labute approximate surface area is 111 Å². The highest BCUT2D eigenvalue weighted by Crippen LogP contribution is 2.23. The van der Waals surface area contributed by atoms with E-state index in [1.807, 2.05) is 12.1 Å². The molecule has 5 heteroatoms. The van der Waals surface area contributed by atoms with E-state index in [2.05, 4.69) is 10.3 Å². The first-order chi connectivity index (χ1) is 9.24. The molecule has 0 atom stereocenters. The summed E-state index contributed by atoms with van der Waals surface area (Å²) in [5, 5.41) is 2.76. The number of hydrogen-bond acceptors (Lipinski definition) is 4. The molecule has 3 N–H and O–H groups in total. The molecular formula is C14H15N3O2. The number of methoxy groups -OCH3 is 1. The van der Waals surface area contributed by atoms with Crippen LogP contribution in [-0.2, 0) is 6.54 Å². The predicted molar refractivity (Wildman–Crippen MR) is 73.1 cm³/mol. The zero-order valence-electron chi connectivity index (χ0n) is 10.6. The van der Waals surface area contributed by atoms with Crippen molar-refractivity contribution in [1.82, 2.24) is 4.98 Å². The van der Waals surface area contributed by atoms with Gasteiger partial charge < -0.3 is 15.8 Å². The molecule has 0 fully saturated rings. The monoisotopic (exact) mass is 257 g/mol. The zero-order chi connectivity index (χ0) is 13.7. The summed E-state index contributed by atoms with van der Waals surface area (Å²) in [6, 6.07) is 10.6. The quantitative estimate of drug-likeness (QED) is 0.875. The van der Waals surface area contributed by atoms with Gasteiger partial charge in [0, 0.05) is 12.7 Å². The van der Waals surface area contributed by atoms with E-state index in [4.69, 9.17) is 10.5 Å². The number of para-hydroxylation sites is 2. The number of pyridine rings is 1. The number of nitrogens with two attached hydrogens (primary N) is 1. The smallest absolute Gasteiger partial charge is 0.274 e. The van der Waals surface area contributed by atoms with Gasteiger partial charge in [0.2, 0.25) is 0 Å². The van der Waals surface area contributed by atoms with Crippen molar-refractivity contribution in [2.24, 2.45) is 5.73 Å². The maximum absolute atomic E-state index is 12.0. The van der Waals surface area contributed by atoms with Crippen LogP contribution in [-0.4, -0.2) is 18.0 Å². The second-order valence-electron chi connectivity index (χ2n) is 3.91. The molecule has 0 unspecified atom stereocenters. The van der Waals surface area contributed by atoms with Gasteiger partial charge in [-0.15, -0.1) is 0 Å². The molecule has 1 amide bonds. The molecule has 0 aliphatic rings. The van der Waals surface area contributed by atoms with Gasteiger partial charge >= 0.3 is 0 Å². The van der Waals surface area contributed by atoms with Crippen molar-refractivity contribution in [2.75, 3.05) is 12.4 Å². The van der Waals surface area contributed by atoms with Gasteiger partial charge in [-0.25, -0.2) is 0 Å². The third-order valence-corrected chi connectivity index (χ3v) is 2.65. The number of amides is 1. The fourth-order valence-corrected chi connectivity index (χ4v) is 1.61. The lowest BCUT2D eigenvalue weighted by molar-refractivity contribution is 0.102. The van der Waals surface area contributed by atoms with Gasteiger partial charge in [-0.2, -0.15) is 0 Å². The number of anilines is 1. The number of benzene rings is 1. The molecule has 5 nitrogen and oxygen atoms in total. The van der Waals surface area contributed by atoms with Crippen LogP contribution in [0.3, 0.4) is 0 Å². The topological polar surface area (TPSA) is 77.2 Å². The van der Waals surface area contributed by atoms with Crippen LogP contribution in [0.1, 0.15) is 16.1 Å². The lowest BCUT2D eigenvalue weighted by Gasteiger charge is -2.09. The molecule has 1 aromatic carbocycles. The number of nitrogens with one attached hydrogen (secondary N) is 1. The minimum absolute atomic E-state index is 0.284. The van der Waals surface area contributed by atoms with Crippen LogP contribution >= 0.6 is 0 Å². The Morgan fingerprint density at radius 3 is 2.74 bits per heavy atom. The van der Waals surface area contributed by atoms with Crippen molar-refractivity contribution in [3.05, 3.63) is 53.9 Å². The first-order valence-corrected chi connectivity index (χ1v) is 5.84. The van der Waals surface area contributed by atoms with E-state index < -0.39 is 0 Å². The summed E-state index contributed by atoms with van der Waals surface area (Å²) in [6.45, 7) is 0.404. The second-order valence-corrected chi connectivity index (χ2v) is 3.91. The molecule has 98 valence electrons. The fraction of sp³-hybridized carbons (Fsp3) is 0.143. The van der Waals surface area contributed by atoms with Crippen LogP contribution in [0.15, 0.2) is 42.6 Å². The molecule has 0 aliphatic heterocycles. The SMILES string of the molecule is COc1ccccc1NC(=O)c1ccc(CN)cn1. The third-order valence-electron chi connectivity index (χ3n) is 2.65.